The van der Waals surface area contributed by atoms with Gasteiger partial charge in [0, 0.05) is 16.6 Å². The average molecular weight is 496 g/mol. The van der Waals surface area contributed by atoms with E-state index < -0.39 is 17.9 Å². The summed E-state index contributed by atoms with van der Waals surface area (Å²) in [6.07, 6.45) is 3.41. The third kappa shape index (κ3) is 3.86. The van der Waals surface area contributed by atoms with Crippen molar-refractivity contribution in [2.45, 2.75) is 44.4 Å². The average Bonchev–Trinajstić information content (AvgIpc) is 3.39. The molecule has 0 radical (unpaired) electrons. The van der Waals surface area contributed by atoms with Crippen molar-refractivity contribution >= 4 is 38.8 Å². The van der Waals surface area contributed by atoms with Crippen molar-refractivity contribution in [3.8, 4) is 0 Å². The Hall–Kier alpha value is -2.93. The maximum atomic E-state index is 13.5. The minimum absolute atomic E-state index is 0.0392. The summed E-state index contributed by atoms with van der Waals surface area (Å²) >= 11 is 3.35. The van der Waals surface area contributed by atoms with Gasteiger partial charge in [0.1, 0.15) is 18.2 Å². The molecule has 5 rings (SSSR count). The number of hydrogen-bond acceptors (Lipinski definition) is 5. The van der Waals surface area contributed by atoms with E-state index in [1.165, 1.54) is 6.07 Å². The minimum Gasteiger partial charge on any atom is -0.459 e. The predicted octanol–water partition coefficient (Wildman–Crippen LogP) is 4.68. The van der Waals surface area contributed by atoms with Crippen LogP contribution in [0, 0.1) is 5.92 Å². The second kappa shape index (κ2) is 8.54. The molecule has 32 heavy (non-hydrogen) atoms. The monoisotopic (exact) mass is 495 g/mol. The molecule has 0 N–H and O–H groups in total. The Morgan fingerprint density at radius 2 is 1.91 bits per heavy atom. The second-order valence-corrected chi connectivity index (χ2v) is 9.35. The van der Waals surface area contributed by atoms with Crippen LogP contribution in [0.5, 0.6) is 0 Å². The van der Waals surface area contributed by atoms with Crippen LogP contribution < -0.4 is 5.43 Å². The van der Waals surface area contributed by atoms with Gasteiger partial charge >= 0.3 is 5.97 Å². The Morgan fingerprint density at radius 3 is 2.72 bits per heavy atom. The summed E-state index contributed by atoms with van der Waals surface area (Å²) in [4.78, 5) is 40.8. The third-order valence-corrected chi connectivity index (χ3v) is 6.96. The summed E-state index contributed by atoms with van der Waals surface area (Å²) in [7, 11) is 0. The molecule has 0 bridgehead atoms. The summed E-state index contributed by atoms with van der Waals surface area (Å²) in [5, 5.41) is 0.398. The highest BCUT2D eigenvalue weighted by Crippen LogP contribution is 2.42. The van der Waals surface area contributed by atoms with E-state index in [0.717, 1.165) is 29.3 Å². The zero-order chi connectivity index (χ0) is 22.2. The van der Waals surface area contributed by atoms with E-state index in [2.05, 4.69) is 15.9 Å². The lowest BCUT2D eigenvalue weighted by Gasteiger charge is -2.28. The Kier molecular flexibility index (Phi) is 5.59. The molecule has 2 aliphatic rings. The molecule has 1 aromatic heterocycles. The number of rotatable bonds is 4. The first-order chi connectivity index (χ1) is 15.5. The van der Waals surface area contributed by atoms with E-state index in [1.54, 1.807) is 23.1 Å². The highest BCUT2D eigenvalue weighted by Gasteiger charge is 2.50. The van der Waals surface area contributed by atoms with Gasteiger partial charge in [-0.2, -0.15) is 0 Å². The van der Waals surface area contributed by atoms with Crippen molar-refractivity contribution in [3.63, 3.8) is 0 Å². The highest BCUT2D eigenvalue weighted by molar-refractivity contribution is 9.10. The van der Waals surface area contributed by atoms with Gasteiger partial charge in [0.05, 0.1) is 5.39 Å². The first-order valence-corrected chi connectivity index (χ1v) is 11.6. The fourth-order valence-electron chi connectivity index (χ4n) is 4.98. The molecule has 0 unspecified atom stereocenters. The quantitative estimate of drug-likeness (QED) is 0.491. The number of amides is 1. The standard InChI is InChI=1S/C25H22BrNO5/c26-17-9-10-22-18(12-17)21(28)13-23(32-22)24(29)27-19-8-4-7-16(19)11-20(27)25(30)31-14-15-5-2-1-3-6-15/h1-3,5-6,9-10,12-13,16,19-20H,4,7-8,11,14H2/t16-,19-,20-/m0/s1. The molecule has 2 aromatic carbocycles. The Morgan fingerprint density at radius 1 is 1.09 bits per heavy atom. The maximum Gasteiger partial charge on any atom is 0.329 e. The summed E-state index contributed by atoms with van der Waals surface area (Å²) in [5.41, 5.74) is 0.944. The zero-order valence-corrected chi connectivity index (χ0v) is 18.9. The fraction of sp³-hybridized carbons (Fsp3) is 0.320. The Labute approximate surface area is 193 Å². The van der Waals surface area contributed by atoms with Gasteiger partial charge in [0.15, 0.2) is 11.2 Å². The van der Waals surface area contributed by atoms with Crippen LogP contribution in [0.3, 0.4) is 0 Å². The van der Waals surface area contributed by atoms with Gasteiger partial charge in [0.2, 0.25) is 0 Å². The second-order valence-electron chi connectivity index (χ2n) is 8.43. The summed E-state index contributed by atoms with van der Waals surface area (Å²) in [6, 6.07) is 15.1. The summed E-state index contributed by atoms with van der Waals surface area (Å²) in [5.74, 6) is -0.624. The maximum absolute atomic E-state index is 13.5. The molecule has 3 aromatic rings. The smallest absolute Gasteiger partial charge is 0.329 e. The molecular weight excluding hydrogens is 474 g/mol. The van der Waals surface area contributed by atoms with E-state index in [4.69, 9.17) is 9.15 Å². The van der Waals surface area contributed by atoms with Crippen LogP contribution in [0.2, 0.25) is 0 Å². The third-order valence-electron chi connectivity index (χ3n) is 6.47. The number of fused-ring (bicyclic) bond motifs is 2. The number of carbonyl (C=O) groups is 2. The molecule has 1 aliphatic carbocycles. The van der Waals surface area contributed by atoms with Crippen LogP contribution in [-0.4, -0.2) is 28.9 Å². The lowest BCUT2D eigenvalue weighted by atomic mass is 10.0. The van der Waals surface area contributed by atoms with Crippen molar-refractivity contribution in [1.82, 2.24) is 4.90 Å². The fourth-order valence-corrected chi connectivity index (χ4v) is 5.34. The number of benzene rings is 2. The molecule has 6 nitrogen and oxygen atoms in total. The van der Waals surface area contributed by atoms with Crippen LogP contribution >= 0.6 is 15.9 Å². The normalized spacial score (nSPS) is 22.2. The molecule has 3 atom stereocenters. The van der Waals surface area contributed by atoms with Gasteiger partial charge in [-0.25, -0.2) is 4.79 Å². The van der Waals surface area contributed by atoms with Crippen LogP contribution in [0.4, 0.5) is 0 Å². The van der Waals surface area contributed by atoms with Crippen LogP contribution in [0.15, 0.2) is 68.3 Å². The van der Waals surface area contributed by atoms with Gasteiger partial charge in [-0.3, -0.25) is 9.59 Å². The largest absolute Gasteiger partial charge is 0.459 e. The predicted molar refractivity (Wildman–Crippen MR) is 122 cm³/mol. The van der Waals surface area contributed by atoms with Crippen LogP contribution in [0.25, 0.3) is 11.0 Å². The van der Waals surface area contributed by atoms with Gasteiger partial charge in [-0.05, 0) is 48.9 Å². The number of ether oxygens (including phenoxy) is 1. The Bertz CT molecular complexity index is 1240. The molecule has 1 amide bonds. The molecular formula is C25H22BrNO5. The molecule has 0 spiro atoms. The first-order valence-electron chi connectivity index (χ1n) is 10.8. The molecule has 1 saturated carbocycles. The van der Waals surface area contributed by atoms with Crippen LogP contribution in [-0.2, 0) is 16.1 Å². The Balaban J connectivity index is 1.43. The lowest BCUT2D eigenvalue weighted by molar-refractivity contribution is -0.150. The summed E-state index contributed by atoms with van der Waals surface area (Å²) in [6.45, 7) is 0.160. The van der Waals surface area contributed by atoms with Crippen LogP contribution in [0.1, 0.15) is 41.8 Å². The minimum atomic E-state index is -0.674. The van der Waals surface area contributed by atoms with Gasteiger partial charge in [-0.1, -0.05) is 52.7 Å². The van der Waals surface area contributed by atoms with Crippen molar-refractivity contribution in [2.75, 3.05) is 0 Å². The number of likely N-dealkylation sites (tertiary alicyclic amines) is 1. The van der Waals surface area contributed by atoms with Gasteiger partial charge < -0.3 is 14.1 Å². The van der Waals surface area contributed by atoms with E-state index in [9.17, 15) is 14.4 Å². The van der Waals surface area contributed by atoms with E-state index in [1.807, 2.05) is 30.3 Å². The van der Waals surface area contributed by atoms with Crippen molar-refractivity contribution in [1.29, 1.82) is 0 Å². The van der Waals surface area contributed by atoms with E-state index >= 15 is 0 Å². The molecule has 2 fully saturated rings. The molecule has 2 heterocycles. The molecule has 164 valence electrons. The van der Waals surface area contributed by atoms with Gasteiger partial charge in [0.25, 0.3) is 5.91 Å². The summed E-state index contributed by atoms with van der Waals surface area (Å²) < 4.78 is 12.1. The molecule has 1 aliphatic heterocycles. The number of nitrogens with zero attached hydrogens (tertiary/aromatic N) is 1. The molecule has 1 saturated heterocycles. The lowest BCUT2D eigenvalue weighted by Crippen LogP contribution is -2.45. The highest BCUT2D eigenvalue weighted by atomic mass is 79.9. The SMILES string of the molecule is O=C(OCc1ccccc1)[C@@H]1C[C@@H]2CCC[C@@H]2N1C(=O)c1cc(=O)c2cc(Br)ccc2o1. The van der Waals surface area contributed by atoms with E-state index in [0.29, 0.717) is 17.4 Å². The molecule has 7 heteroatoms. The number of esters is 1. The van der Waals surface area contributed by atoms with Gasteiger partial charge in [-0.15, -0.1) is 0 Å². The van der Waals surface area contributed by atoms with Crippen molar-refractivity contribution < 1.29 is 18.7 Å². The number of halogens is 1. The van der Waals surface area contributed by atoms with Crippen molar-refractivity contribution in [3.05, 3.63) is 80.6 Å². The zero-order valence-electron chi connectivity index (χ0n) is 17.3. The first kappa shape index (κ1) is 20.9. The topological polar surface area (TPSA) is 76.8 Å². The number of hydrogen-bond donors (Lipinski definition) is 0. The van der Waals surface area contributed by atoms with E-state index in [-0.39, 0.29) is 29.8 Å². The van der Waals surface area contributed by atoms with Crippen molar-refractivity contribution in [2.24, 2.45) is 5.92 Å². The number of carbonyl (C=O) groups excluding carboxylic acids is 2.